The third kappa shape index (κ3) is 4.99. The average Bonchev–Trinajstić information content (AvgIpc) is 2.47. The molecule has 22 heavy (non-hydrogen) atoms. The summed E-state index contributed by atoms with van der Waals surface area (Å²) in [4.78, 5) is 2.31. The van der Waals surface area contributed by atoms with Crippen molar-refractivity contribution in [3.05, 3.63) is 35.4 Å². The lowest BCUT2D eigenvalue weighted by Gasteiger charge is -2.36. The molecule has 126 valence electrons. The second kappa shape index (κ2) is 8.53. The normalized spacial score (nSPS) is 15.1. The molecule has 2 atom stereocenters. The molecule has 0 aromatic heterocycles. The molecule has 0 bridgehead atoms. The van der Waals surface area contributed by atoms with Gasteiger partial charge in [-0.3, -0.25) is 4.90 Å². The van der Waals surface area contributed by atoms with E-state index in [9.17, 15) is 13.2 Å². The first-order valence-electron chi connectivity index (χ1n) is 7.76. The van der Waals surface area contributed by atoms with Gasteiger partial charge in [-0.15, -0.1) is 0 Å². The Labute approximate surface area is 131 Å². The molecular formula is C17H26F3NO. The number of ether oxygens (including phenoxy) is 1. The Bertz CT molecular complexity index is 431. The molecule has 0 spiro atoms. The molecule has 1 aromatic carbocycles. The summed E-state index contributed by atoms with van der Waals surface area (Å²) in [5, 5.41) is 0. The summed E-state index contributed by atoms with van der Waals surface area (Å²) in [6.45, 7) is 7.75. The highest BCUT2D eigenvalue weighted by Crippen LogP contribution is 2.32. The first-order chi connectivity index (χ1) is 10.3. The van der Waals surface area contributed by atoms with Gasteiger partial charge in [-0.05, 0) is 44.0 Å². The van der Waals surface area contributed by atoms with Crippen LogP contribution in [0.2, 0.25) is 0 Å². The van der Waals surface area contributed by atoms with E-state index in [-0.39, 0.29) is 12.1 Å². The highest BCUT2D eigenvalue weighted by Gasteiger charge is 2.31. The van der Waals surface area contributed by atoms with Gasteiger partial charge >= 0.3 is 6.18 Å². The highest BCUT2D eigenvalue weighted by atomic mass is 19.4. The summed E-state index contributed by atoms with van der Waals surface area (Å²) < 4.78 is 43.3. The lowest BCUT2D eigenvalue weighted by atomic mass is 9.99. The fraction of sp³-hybridized carbons (Fsp3) is 0.647. The van der Waals surface area contributed by atoms with Crippen molar-refractivity contribution in [2.45, 2.75) is 51.9 Å². The molecule has 0 saturated carbocycles. The summed E-state index contributed by atoms with van der Waals surface area (Å²) in [5.41, 5.74) is 0.324. The monoisotopic (exact) mass is 317 g/mol. The zero-order valence-electron chi connectivity index (χ0n) is 13.8. The number of nitrogens with zero attached hydrogens (tertiary/aromatic N) is 1. The molecule has 1 aromatic rings. The van der Waals surface area contributed by atoms with Crippen LogP contribution in [0.5, 0.6) is 0 Å². The van der Waals surface area contributed by atoms with E-state index in [1.54, 1.807) is 19.2 Å². The molecule has 2 nitrogen and oxygen atoms in total. The molecule has 0 fully saturated rings. The van der Waals surface area contributed by atoms with Gasteiger partial charge in [0.2, 0.25) is 0 Å². The molecular weight excluding hydrogens is 291 g/mol. The van der Waals surface area contributed by atoms with Crippen molar-refractivity contribution in [3.8, 4) is 0 Å². The van der Waals surface area contributed by atoms with Crippen LogP contribution < -0.4 is 0 Å². The van der Waals surface area contributed by atoms with E-state index in [4.69, 9.17) is 4.74 Å². The van der Waals surface area contributed by atoms with E-state index >= 15 is 0 Å². The number of methoxy groups -OCH3 is 1. The maximum absolute atomic E-state index is 12.7. The predicted octanol–water partition coefficient (Wildman–Crippen LogP) is 4.90. The quantitative estimate of drug-likeness (QED) is 0.676. The summed E-state index contributed by atoms with van der Waals surface area (Å²) in [6.07, 6.45) is -2.45. The van der Waals surface area contributed by atoms with E-state index < -0.39 is 11.7 Å². The smallest absolute Gasteiger partial charge is 0.383 e. The Morgan fingerprint density at radius 2 is 1.73 bits per heavy atom. The van der Waals surface area contributed by atoms with Crippen LogP contribution in [0.25, 0.3) is 0 Å². The number of rotatable bonds is 8. The molecule has 0 N–H and O–H groups in total. The molecule has 0 aliphatic rings. The molecule has 0 radical (unpaired) electrons. The first-order valence-corrected chi connectivity index (χ1v) is 7.76. The van der Waals surface area contributed by atoms with Crippen molar-refractivity contribution in [1.82, 2.24) is 4.90 Å². The number of halogens is 3. The van der Waals surface area contributed by atoms with Crippen LogP contribution in [0.15, 0.2) is 24.3 Å². The van der Waals surface area contributed by atoms with Gasteiger partial charge in [0.05, 0.1) is 12.2 Å². The SMILES string of the molecule is CCCN(C(CC)c1ccc(C(F)(F)F)cc1)[C@@H](C)COC. The van der Waals surface area contributed by atoms with Crippen LogP contribution >= 0.6 is 0 Å². The summed E-state index contributed by atoms with van der Waals surface area (Å²) >= 11 is 0. The average molecular weight is 317 g/mol. The zero-order chi connectivity index (χ0) is 16.8. The number of alkyl halides is 3. The van der Waals surface area contributed by atoms with Gasteiger partial charge in [0.1, 0.15) is 0 Å². The van der Waals surface area contributed by atoms with Crippen LogP contribution in [0.4, 0.5) is 13.2 Å². The van der Waals surface area contributed by atoms with Crippen LogP contribution in [0.1, 0.15) is 50.8 Å². The van der Waals surface area contributed by atoms with Crippen molar-refractivity contribution in [2.75, 3.05) is 20.3 Å². The molecule has 5 heteroatoms. The van der Waals surface area contributed by atoms with E-state index in [1.165, 1.54) is 12.1 Å². The largest absolute Gasteiger partial charge is 0.416 e. The molecule has 1 unspecified atom stereocenters. The minimum absolute atomic E-state index is 0.104. The van der Waals surface area contributed by atoms with Gasteiger partial charge in [-0.1, -0.05) is 26.0 Å². The van der Waals surface area contributed by atoms with Gasteiger partial charge in [0, 0.05) is 19.2 Å². The fourth-order valence-electron chi connectivity index (χ4n) is 2.83. The predicted molar refractivity (Wildman–Crippen MR) is 82.8 cm³/mol. The van der Waals surface area contributed by atoms with Crippen molar-refractivity contribution in [1.29, 1.82) is 0 Å². The van der Waals surface area contributed by atoms with Gasteiger partial charge in [-0.2, -0.15) is 13.2 Å². The minimum Gasteiger partial charge on any atom is -0.383 e. The standard InChI is InChI=1S/C17H26F3NO/c1-5-11-21(13(3)12-22-4)16(6-2)14-7-9-15(10-8-14)17(18,19)20/h7-10,13,16H,5-6,11-12H2,1-4H3/t13-,16?/m0/s1. The van der Waals surface area contributed by atoms with Gasteiger partial charge in [-0.25, -0.2) is 0 Å². The number of hydrogen-bond donors (Lipinski definition) is 0. The van der Waals surface area contributed by atoms with Crippen molar-refractivity contribution in [2.24, 2.45) is 0 Å². The molecule has 0 heterocycles. The van der Waals surface area contributed by atoms with Crippen LogP contribution in [-0.4, -0.2) is 31.2 Å². The Kier molecular flexibility index (Phi) is 7.36. The van der Waals surface area contributed by atoms with Crippen LogP contribution in [0, 0.1) is 0 Å². The first kappa shape index (κ1) is 19.0. The summed E-state index contributed by atoms with van der Waals surface area (Å²) in [5.74, 6) is 0. The van der Waals surface area contributed by atoms with Crippen molar-refractivity contribution in [3.63, 3.8) is 0 Å². The van der Waals surface area contributed by atoms with Crippen molar-refractivity contribution >= 4 is 0 Å². The third-order valence-electron chi connectivity index (χ3n) is 3.87. The minimum atomic E-state index is -4.29. The Morgan fingerprint density at radius 3 is 2.14 bits per heavy atom. The Morgan fingerprint density at radius 1 is 1.14 bits per heavy atom. The molecule has 0 saturated heterocycles. The third-order valence-corrected chi connectivity index (χ3v) is 3.87. The van der Waals surface area contributed by atoms with Gasteiger partial charge in [0.25, 0.3) is 0 Å². The number of hydrogen-bond acceptors (Lipinski definition) is 2. The topological polar surface area (TPSA) is 12.5 Å². The van der Waals surface area contributed by atoms with E-state index in [0.717, 1.165) is 24.9 Å². The molecule has 0 amide bonds. The zero-order valence-corrected chi connectivity index (χ0v) is 13.8. The summed E-state index contributed by atoms with van der Waals surface area (Å²) in [6, 6.07) is 5.86. The maximum atomic E-state index is 12.7. The van der Waals surface area contributed by atoms with Gasteiger partial charge < -0.3 is 4.74 Å². The van der Waals surface area contributed by atoms with E-state index in [1.807, 2.05) is 0 Å². The molecule has 1 rings (SSSR count). The van der Waals surface area contributed by atoms with Crippen LogP contribution in [-0.2, 0) is 10.9 Å². The fourth-order valence-corrected chi connectivity index (χ4v) is 2.83. The van der Waals surface area contributed by atoms with Crippen molar-refractivity contribution < 1.29 is 17.9 Å². The highest BCUT2D eigenvalue weighted by molar-refractivity contribution is 5.27. The lowest BCUT2D eigenvalue weighted by molar-refractivity contribution is -0.137. The second-order valence-electron chi connectivity index (χ2n) is 5.59. The van der Waals surface area contributed by atoms with E-state index in [2.05, 4.69) is 25.7 Å². The van der Waals surface area contributed by atoms with Crippen LogP contribution in [0.3, 0.4) is 0 Å². The maximum Gasteiger partial charge on any atom is 0.416 e. The van der Waals surface area contributed by atoms with E-state index in [0.29, 0.717) is 6.61 Å². The molecule has 0 aliphatic carbocycles. The number of benzene rings is 1. The van der Waals surface area contributed by atoms with Gasteiger partial charge in [0.15, 0.2) is 0 Å². The summed E-state index contributed by atoms with van der Waals surface area (Å²) in [7, 11) is 1.67. The Balaban J connectivity index is 3.01. The molecule has 0 aliphatic heterocycles. The second-order valence-corrected chi connectivity index (χ2v) is 5.59. The Hall–Kier alpha value is -1.07. The lowest BCUT2D eigenvalue weighted by Crippen LogP contribution is -2.39.